The molecule has 0 amide bonds. The minimum atomic E-state index is 0.726. The molecule has 1 fully saturated rings. The number of rotatable bonds is 3. The van der Waals surface area contributed by atoms with Gasteiger partial charge in [0.2, 0.25) is 0 Å². The van der Waals surface area contributed by atoms with Gasteiger partial charge in [0.25, 0.3) is 0 Å². The highest BCUT2D eigenvalue weighted by atomic mass is 15.2. The Kier molecular flexibility index (Phi) is 3.27. The van der Waals surface area contributed by atoms with Crippen LogP contribution in [0.4, 0.5) is 0 Å². The number of aryl methyl sites for hydroxylation is 1. The first-order chi connectivity index (χ1) is 11.8. The molecule has 4 nitrogen and oxygen atoms in total. The van der Waals surface area contributed by atoms with Crippen LogP contribution < -0.4 is 0 Å². The van der Waals surface area contributed by atoms with E-state index in [-0.39, 0.29) is 0 Å². The topological polar surface area (TPSA) is 36.9 Å². The van der Waals surface area contributed by atoms with Gasteiger partial charge in [-0.05, 0) is 43.9 Å². The van der Waals surface area contributed by atoms with Gasteiger partial charge in [0, 0.05) is 54.4 Å². The van der Waals surface area contributed by atoms with Gasteiger partial charge in [0.05, 0.1) is 12.0 Å². The van der Waals surface area contributed by atoms with E-state index in [4.69, 9.17) is 4.98 Å². The van der Waals surface area contributed by atoms with Gasteiger partial charge in [-0.25, -0.2) is 4.98 Å². The Bertz CT molecular complexity index is 884. The Labute approximate surface area is 142 Å². The van der Waals surface area contributed by atoms with Crippen molar-refractivity contribution in [1.29, 1.82) is 0 Å². The van der Waals surface area contributed by atoms with Gasteiger partial charge in [-0.3, -0.25) is 4.90 Å². The minimum absolute atomic E-state index is 0.726. The van der Waals surface area contributed by atoms with Crippen LogP contribution in [0.5, 0.6) is 0 Å². The third kappa shape index (κ3) is 2.28. The van der Waals surface area contributed by atoms with Crippen molar-refractivity contribution in [2.24, 2.45) is 0 Å². The Morgan fingerprint density at radius 2 is 2.21 bits per heavy atom. The van der Waals surface area contributed by atoms with Crippen molar-refractivity contribution < 1.29 is 0 Å². The molecule has 3 aromatic rings. The van der Waals surface area contributed by atoms with Crippen LogP contribution in [0.15, 0.2) is 30.6 Å². The number of imidazole rings is 1. The summed E-state index contributed by atoms with van der Waals surface area (Å²) in [4.78, 5) is 10.8. The molecule has 1 N–H and O–H groups in total. The number of hydrogen-bond acceptors (Lipinski definition) is 2. The van der Waals surface area contributed by atoms with Crippen LogP contribution >= 0.6 is 0 Å². The standard InChI is InChI=1S/C20H24N4/c1-14-4-2-7-18-17(14)10-15(22-18)11-23-9-8-20-19(12-23)21-13-24(20)16-5-3-6-16/h2,4,7,10,13,16,22H,3,5-6,8-9,11-12H2,1H3. The van der Waals surface area contributed by atoms with Crippen LogP contribution in [-0.4, -0.2) is 26.0 Å². The molecule has 0 spiro atoms. The molecule has 3 heterocycles. The zero-order chi connectivity index (χ0) is 16.1. The van der Waals surface area contributed by atoms with E-state index in [9.17, 15) is 0 Å². The summed E-state index contributed by atoms with van der Waals surface area (Å²) in [6.07, 6.45) is 7.26. The van der Waals surface area contributed by atoms with E-state index < -0.39 is 0 Å². The molecule has 24 heavy (non-hydrogen) atoms. The van der Waals surface area contributed by atoms with E-state index in [1.807, 2.05) is 0 Å². The van der Waals surface area contributed by atoms with Crippen molar-refractivity contribution in [3.8, 4) is 0 Å². The summed E-state index contributed by atoms with van der Waals surface area (Å²) in [7, 11) is 0. The lowest BCUT2D eigenvalue weighted by Crippen LogP contribution is -2.32. The molecule has 1 saturated carbocycles. The highest BCUT2D eigenvalue weighted by Crippen LogP contribution is 2.34. The third-order valence-electron chi connectivity index (χ3n) is 5.82. The number of fused-ring (bicyclic) bond motifs is 2. The predicted molar refractivity (Wildman–Crippen MR) is 96.0 cm³/mol. The fourth-order valence-corrected chi connectivity index (χ4v) is 4.19. The minimum Gasteiger partial charge on any atom is -0.357 e. The zero-order valence-corrected chi connectivity index (χ0v) is 14.3. The van der Waals surface area contributed by atoms with Crippen LogP contribution in [0.3, 0.4) is 0 Å². The summed E-state index contributed by atoms with van der Waals surface area (Å²) in [6, 6.07) is 9.51. The molecule has 4 heteroatoms. The molecule has 2 aromatic heterocycles. The average molecular weight is 320 g/mol. The lowest BCUT2D eigenvalue weighted by atomic mass is 9.92. The van der Waals surface area contributed by atoms with Gasteiger partial charge in [0.1, 0.15) is 0 Å². The van der Waals surface area contributed by atoms with Gasteiger partial charge in [0.15, 0.2) is 0 Å². The van der Waals surface area contributed by atoms with Crippen molar-refractivity contribution in [3.63, 3.8) is 0 Å². The van der Waals surface area contributed by atoms with Gasteiger partial charge < -0.3 is 9.55 Å². The van der Waals surface area contributed by atoms with Crippen LogP contribution in [-0.2, 0) is 19.5 Å². The summed E-state index contributed by atoms with van der Waals surface area (Å²) in [5, 5.41) is 1.35. The Morgan fingerprint density at radius 1 is 1.29 bits per heavy atom. The van der Waals surface area contributed by atoms with E-state index in [0.717, 1.165) is 32.1 Å². The number of nitrogens with zero attached hydrogens (tertiary/aromatic N) is 3. The van der Waals surface area contributed by atoms with Crippen molar-refractivity contribution in [1.82, 2.24) is 19.4 Å². The fraction of sp³-hybridized carbons (Fsp3) is 0.450. The maximum atomic E-state index is 4.72. The summed E-state index contributed by atoms with van der Waals surface area (Å²) < 4.78 is 2.46. The predicted octanol–water partition coefficient (Wildman–Crippen LogP) is 3.96. The van der Waals surface area contributed by atoms with Gasteiger partial charge in [-0.2, -0.15) is 0 Å². The lowest BCUT2D eigenvalue weighted by molar-refractivity contribution is 0.231. The SMILES string of the molecule is Cc1cccc2[nH]c(CN3CCc4c(ncn4C4CCC4)C3)cc12. The highest BCUT2D eigenvalue weighted by molar-refractivity contribution is 5.83. The average Bonchev–Trinajstić information content (AvgIpc) is 3.11. The van der Waals surface area contributed by atoms with E-state index in [1.165, 1.54) is 52.8 Å². The molecule has 124 valence electrons. The molecule has 1 aliphatic heterocycles. The Hall–Kier alpha value is -2.07. The molecule has 1 aliphatic carbocycles. The van der Waals surface area contributed by atoms with Crippen molar-refractivity contribution >= 4 is 10.9 Å². The van der Waals surface area contributed by atoms with Crippen LogP contribution in [0.25, 0.3) is 10.9 Å². The molecule has 1 aromatic carbocycles. The molecule has 5 rings (SSSR count). The molecule has 0 bridgehead atoms. The van der Waals surface area contributed by atoms with Crippen molar-refractivity contribution in [3.05, 3.63) is 53.2 Å². The maximum absolute atomic E-state index is 4.72. The zero-order valence-electron chi connectivity index (χ0n) is 14.3. The smallest absolute Gasteiger partial charge is 0.0954 e. The maximum Gasteiger partial charge on any atom is 0.0954 e. The monoisotopic (exact) mass is 320 g/mol. The highest BCUT2D eigenvalue weighted by Gasteiger charge is 2.27. The number of aromatic amines is 1. The first-order valence-electron chi connectivity index (χ1n) is 9.12. The molecule has 0 radical (unpaired) electrons. The number of aromatic nitrogens is 3. The Morgan fingerprint density at radius 3 is 3.00 bits per heavy atom. The number of nitrogens with one attached hydrogen (secondary N) is 1. The van der Waals surface area contributed by atoms with Gasteiger partial charge in [-0.15, -0.1) is 0 Å². The third-order valence-corrected chi connectivity index (χ3v) is 5.82. The second-order valence-corrected chi connectivity index (χ2v) is 7.42. The molecule has 2 aliphatic rings. The quantitative estimate of drug-likeness (QED) is 0.793. The molecular weight excluding hydrogens is 296 g/mol. The van der Waals surface area contributed by atoms with Crippen LogP contribution in [0.1, 0.15) is 47.9 Å². The largest absolute Gasteiger partial charge is 0.357 e. The molecule has 0 saturated heterocycles. The van der Waals surface area contributed by atoms with Gasteiger partial charge >= 0.3 is 0 Å². The van der Waals surface area contributed by atoms with E-state index in [1.54, 1.807) is 0 Å². The number of H-pyrrole nitrogens is 1. The fourth-order valence-electron chi connectivity index (χ4n) is 4.19. The second kappa shape index (κ2) is 5.49. The molecule has 0 unspecified atom stereocenters. The second-order valence-electron chi connectivity index (χ2n) is 7.42. The number of hydrogen-bond donors (Lipinski definition) is 1. The van der Waals surface area contributed by atoms with Crippen LogP contribution in [0.2, 0.25) is 0 Å². The molecule has 0 atom stereocenters. The lowest BCUT2D eigenvalue weighted by Gasteiger charge is -2.31. The van der Waals surface area contributed by atoms with Gasteiger partial charge in [-0.1, -0.05) is 12.1 Å². The first kappa shape index (κ1) is 14.3. The van der Waals surface area contributed by atoms with E-state index in [0.29, 0.717) is 0 Å². The summed E-state index contributed by atoms with van der Waals surface area (Å²) in [5.41, 5.74) is 6.68. The summed E-state index contributed by atoms with van der Waals surface area (Å²) in [5.74, 6) is 0. The number of benzene rings is 1. The molecular formula is C20H24N4. The summed E-state index contributed by atoms with van der Waals surface area (Å²) >= 11 is 0. The van der Waals surface area contributed by atoms with Crippen LogP contribution in [0, 0.1) is 6.92 Å². The first-order valence-corrected chi connectivity index (χ1v) is 9.12. The van der Waals surface area contributed by atoms with E-state index >= 15 is 0 Å². The normalized spacial score (nSPS) is 18.7. The van der Waals surface area contributed by atoms with Crippen molar-refractivity contribution in [2.45, 2.75) is 51.7 Å². The Balaban J connectivity index is 1.35. The summed E-state index contributed by atoms with van der Waals surface area (Å²) in [6.45, 7) is 5.26. The van der Waals surface area contributed by atoms with Crippen molar-refractivity contribution in [2.75, 3.05) is 6.54 Å². The van der Waals surface area contributed by atoms with E-state index in [2.05, 4.69) is 52.0 Å².